The molecular formula is C11H15NO3. The van der Waals surface area contributed by atoms with Crippen LogP contribution in [0.15, 0.2) is 18.3 Å². The Hall–Kier alpha value is -1.58. The summed E-state index contributed by atoms with van der Waals surface area (Å²) in [5.41, 5.74) is 0.451. The highest BCUT2D eigenvalue weighted by atomic mass is 16.5. The molecule has 1 heterocycles. The van der Waals surface area contributed by atoms with Crippen LogP contribution >= 0.6 is 0 Å². The monoisotopic (exact) mass is 209 g/mol. The number of esters is 1. The van der Waals surface area contributed by atoms with Crippen molar-refractivity contribution in [1.29, 1.82) is 0 Å². The predicted octanol–water partition coefficient (Wildman–Crippen LogP) is 2.05. The molecule has 0 atom stereocenters. The van der Waals surface area contributed by atoms with Gasteiger partial charge in [-0.25, -0.2) is 9.78 Å². The summed E-state index contributed by atoms with van der Waals surface area (Å²) in [5, 5.41) is 0. The standard InChI is InChI=1S/C11H15NO3/c1-3-4-7-15-11(13)9-5-6-10(14-2)12-8-9/h5-6,8H,3-4,7H2,1-2H3. The van der Waals surface area contributed by atoms with Crippen LogP contribution in [-0.4, -0.2) is 24.7 Å². The fourth-order valence-corrected chi connectivity index (χ4v) is 1.01. The van der Waals surface area contributed by atoms with Gasteiger partial charge in [0.2, 0.25) is 5.88 Å². The first kappa shape index (κ1) is 11.5. The summed E-state index contributed by atoms with van der Waals surface area (Å²) in [6, 6.07) is 3.27. The van der Waals surface area contributed by atoms with E-state index < -0.39 is 0 Å². The molecule has 82 valence electrons. The summed E-state index contributed by atoms with van der Waals surface area (Å²) < 4.78 is 9.91. The van der Waals surface area contributed by atoms with Crippen LogP contribution in [0.25, 0.3) is 0 Å². The van der Waals surface area contributed by atoms with Crippen molar-refractivity contribution in [3.63, 3.8) is 0 Å². The van der Waals surface area contributed by atoms with Crippen molar-refractivity contribution in [3.05, 3.63) is 23.9 Å². The number of nitrogens with zero attached hydrogens (tertiary/aromatic N) is 1. The van der Waals surface area contributed by atoms with Gasteiger partial charge in [0.05, 0.1) is 19.3 Å². The first-order chi connectivity index (χ1) is 7.27. The van der Waals surface area contributed by atoms with Crippen molar-refractivity contribution in [2.75, 3.05) is 13.7 Å². The second-order valence-corrected chi connectivity index (χ2v) is 3.08. The maximum absolute atomic E-state index is 11.4. The Bertz CT molecular complexity index is 308. The van der Waals surface area contributed by atoms with Gasteiger partial charge in [0, 0.05) is 12.3 Å². The minimum atomic E-state index is -0.335. The number of ether oxygens (including phenoxy) is 2. The van der Waals surface area contributed by atoms with E-state index in [0.717, 1.165) is 12.8 Å². The lowest BCUT2D eigenvalue weighted by Gasteiger charge is -2.03. The predicted molar refractivity (Wildman–Crippen MR) is 56.0 cm³/mol. The average Bonchev–Trinajstić information content (AvgIpc) is 2.29. The van der Waals surface area contributed by atoms with Gasteiger partial charge in [-0.05, 0) is 12.5 Å². The zero-order valence-electron chi connectivity index (χ0n) is 9.03. The lowest BCUT2D eigenvalue weighted by Crippen LogP contribution is -2.06. The third-order valence-corrected chi connectivity index (χ3v) is 1.91. The van der Waals surface area contributed by atoms with Crippen LogP contribution in [0.3, 0.4) is 0 Å². The molecular weight excluding hydrogens is 194 g/mol. The summed E-state index contributed by atoms with van der Waals surface area (Å²) >= 11 is 0. The molecule has 0 amide bonds. The van der Waals surface area contributed by atoms with E-state index in [1.807, 2.05) is 6.92 Å². The molecule has 1 aromatic rings. The number of aromatic nitrogens is 1. The summed E-state index contributed by atoms with van der Waals surface area (Å²) in [6.07, 6.45) is 3.34. The van der Waals surface area contributed by atoms with Gasteiger partial charge in [-0.15, -0.1) is 0 Å². The van der Waals surface area contributed by atoms with Gasteiger partial charge in [-0.1, -0.05) is 13.3 Å². The zero-order chi connectivity index (χ0) is 11.1. The van der Waals surface area contributed by atoms with Gasteiger partial charge in [-0.3, -0.25) is 0 Å². The zero-order valence-corrected chi connectivity index (χ0v) is 9.03. The molecule has 1 aromatic heterocycles. The van der Waals surface area contributed by atoms with E-state index in [0.29, 0.717) is 18.1 Å². The number of carbonyl (C=O) groups is 1. The quantitative estimate of drug-likeness (QED) is 0.550. The van der Waals surface area contributed by atoms with Crippen molar-refractivity contribution in [2.45, 2.75) is 19.8 Å². The van der Waals surface area contributed by atoms with Crippen LogP contribution in [0.5, 0.6) is 5.88 Å². The van der Waals surface area contributed by atoms with E-state index in [9.17, 15) is 4.79 Å². The van der Waals surface area contributed by atoms with Crippen molar-refractivity contribution in [3.8, 4) is 5.88 Å². The number of unbranched alkanes of at least 4 members (excludes halogenated alkanes) is 1. The topological polar surface area (TPSA) is 48.4 Å². The average molecular weight is 209 g/mol. The molecule has 0 unspecified atom stereocenters. The number of pyridine rings is 1. The first-order valence-corrected chi connectivity index (χ1v) is 4.95. The van der Waals surface area contributed by atoms with Crippen molar-refractivity contribution >= 4 is 5.97 Å². The number of hydrogen-bond acceptors (Lipinski definition) is 4. The van der Waals surface area contributed by atoms with Crippen LogP contribution in [0.4, 0.5) is 0 Å². The molecule has 1 rings (SSSR count). The normalized spacial score (nSPS) is 9.73. The van der Waals surface area contributed by atoms with E-state index in [4.69, 9.17) is 9.47 Å². The van der Waals surface area contributed by atoms with E-state index >= 15 is 0 Å². The van der Waals surface area contributed by atoms with Crippen LogP contribution < -0.4 is 4.74 Å². The molecule has 0 N–H and O–H groups in total. The molecule has 4 heteroatoms. The van der Waals surface area contributed by atoms with Gasteiger partial charge >= 0.3 is 5.97 Å². The number of carbonyl (C=O) groups excluding carboxylic acids is 1. The Kier molecular flexibility index (Phi) is 4.60. The maximum atomic E-state index is 11.4. The van der Waals surface area contributed by atoms with Gasteiger partial charge in [0.25, 0.3) is 0 Å². The Balaban J connectivity index is 2.50. The molecule has 15 heavy (non-hydrogen) atoms. The smallest absolute Gasteiger partial charge is 0.339 e. The molecule has 0 aliphatic heterocycles. The molecule has 0 spiro atoms. The fraction of sp³-hybridized carbons (Fsp3) is 0.455. The van der Waals surface area contributed by atoms with Crippen LogP contribution in [0.1, 0.15) is 30.1 Å². The second kappa shape index (κ2) is 6.01. The number of methoxy groups -OCH3 is 1. The second-order valence-electron chi connectivity index (χ2n) is 3.08. The summed E-state index contributed by atoms with van der Waals surface area (Å²) in [7, 11) is 1.53. The molecule has 0 aliphatic rings. The maximum Gasteiger partial charge on any atom is 0.339 e. The Morgan fingerprint density at radius 2 is 2.27 bits per heavy atom. The highest BCUT2D eigenvalue weighted by Crippen LogP contribution is 2.07. The lowest BCUT2D eigenvalue weighted by molar-refractivity contribution is 0.0499. The molecule has 0 saturated heterocycles. The third kappa shape index (κ3) is 3.58. The van der Waals surface area contributed by atoms with Crippen molar-refractivity contribution < 1.29 is 14.3 Å². The molecule has 0 aliphatic carbocycles. The van der Waals surface area contributed by atoms with Crippen LogP contribution in [-0.2, 0) is 4.74 Å². The number of hydrogen-bond donors (Lipinski definition) is 0. The van der Waals surface area contributed by atoms with Gasteiger partial charge < -0.3 is 9.47 Å². The summed E-state index contributed by atoms with van der Waals surface area (Å²) in [5.74, 6) is 0.152. The molecule has 0 fully saturated rings. The largest absolute Gasteiger partial charge is 0.481 e. The first-order valence-electron chi connectivity index (χ1n) is 4.95. The Labute approximate surface area is 89.2 Å². The van der Waals surface area contributed by atoms with E-state index in [1.165, 1.54) is 13.3 Å². The highest BCUT2D eigenvalue weighted by molar-refractivity contribution is 5.89. The minimum Gasteiger partial charge on any atom is -0.481 e. The van der Waals surface area contributed by atoms with Gasteiger partial charge in [0.1, 0.15) is 0 Å². The van der Waals surface area contributed by atoms with Gasteiger partial charge in [-0.2, -0.15) is 0 Å². The third-order valence-electron chi connectivity index (χ3n) is 1.91. The fourth-order valence-electron chi connectivity index (χ4n) is 1.01. The number of rotatable bonds is 5. The molecule has 0 aromatic carbocycles. The summed E-state index contributed by atoms with van der Waals surface area (Å²) in [4.78, 5) is 15.3. The Morgan fingerprint density at radius 3 is 2.80 bits per heavy atom. The van der Waals surface area contributed by atoms with Crippen LogP contribution in [0, 0.1) is 0 Å². The highest BCUT2D eigenvalue weighted by Gasteiger charge is 2.06. The van der Waals surface area contributed by atoms with E-state index in [2.05, 4.69) is 4.98 Å². The van der Waals surface area contributed by atoms with E-state index in [-0.39, 0.29) is 5.97 Å². The molecule has 0 saturated carbocycles. The van der Waals surface area contributed by atoms with Gasteiger partial charge in [0.15, 0.2) is 0 Å². The van der Waals surface area contributed by atoms with Crippen LogP contribution in [0.2, 0.25) is 0 Å². The van der Waals surface area contributed by atoms with Crippen molar-refractivity contribution in [1.82, 2.24) is 4.98 Å². The van der Waals surface area contributed by atoms with Crippen molar-refractivity contribution in [2.24, 2.45) is 0 Å². The molecule has 4 nitrogen and oxygen atoms in total. The SMILES string of the molecule is CCCCOC(=O)c1ccc(OC)nc1. The summed E-state index contributed by atoms with van der Waals surface area (Å²) in [6.45, 7) is 2.50. The lowest BCUT2D eigenvalue weighted by atomic mass is 10.3. The minimum absolute atomic E-state index is 0.335. The molecule has 0 radical (unpaired) electrons. The van der Waals surface area contributed by atoms with E-state index in [1.54, 1.807) is 12.1 Å². The Morgan fingerprint density at radius 1 is 1.47 bits per heavy atom. The molecule has 0 bridgehead atoms.